The second kappa shape index (κ2) is 4.71. The summed E-state index contributed by atoms with van der Waals surface area (Å²) >= 11 is 3.31. The van der Waals surface area contributed by atoms with E-state index in [1.54, 1.807) is 22.5 Å². The molecule has 1 aromatic rings. The maximum absolute atomic E-state index is 12.5. The minimum atomic E-state index is -3.36. The van der Waals surface area contributed by atoms with Crippen LogP contribution in [-0.4, -0.2) is 24.8 Å². The Bertz CT molecular complexity index is 507. The average Bonchev–Trinajstić information content (AvgIpc) is 3.01. The molecule has 1 saturated carbocycles. The molecule has 0 unspecified atom stereocenters. The summed E-state index contributed by atoms with van der Waals surface area (Å²) in [7, 11) is -3.36. The fourth-order valence-electron chi connectivity index (χ4n) is 1.97. The zero-order valence-corrected chi connectivity index (χ0v) is 12.3. The van der Waals surface area contributed by atoms with E-state index < -0.39 is 10.0 Å². The SMILES string of the molecule is CC(C)N(C1CC1)S(=O)(=O)c1cccc(Br)c1. The molecule has 0 atom stereocenters. The Balaban J connectivity index is 2.40. The van der Waals surface area contributed by atoms with E-state index in [1.165, 1.54) is 0 Å². The standard InChI is InChI=1S/C12H16BrNO2S/c1-9(2)14(11-6-7-11)17(15,16)12-5-3-4-10(13)8-12/h3-5,8-9,11H,6-7H2,1-2H3. The lowest BCUT2D eigenvalue weighted by molar-refractivity contribution is 0.346. The Labute approximate surface area is 111 Å². The summed E-state index contributed by atoms with van der Waals surface area (Å²) in [5.74, 6) is 0. The van der Waals surface area contributed by atoms with E-state index in [0.29, 0.717) is 4.90 Å². The molecule has 0 N–H and O–H groups in total. The number of hydrogen-bond acceptors (Lipinski definition) is 2. The van der Waals surface area contributed by atoms with E-state index in [2.05, 4.69) is 15.9 Å². The van der Waals surface area contributed by atoms with Crippen LogP contribution in [0.4, 0.5) is 0 Å². The van der Waals surface area contributed by atoms with Gasteiger partial charge in [-0.3, -0.25) is 0 Å². The van der Waals surface area contributed by atoms with E-state index in [9.17, 15) is 8.42 Å². The molecule has 1 fully saturated rings. The predicted octanol–water partition coefficient (Wildman–Crippen LogP) is 3.01. The number of halogens is 1. The van der Waals surface area contributed by atoms with Crippen LogP contribution in [0.1, 0.15) is 26.7 Å². The Morgan fingerprint density at radius 3 is 2.47 bits per heavy atom. The van der Waals surface area contributed by atoms with E-state index >= 15 is 0 Å². The van der Waals surface area contributed by atoms with Crippen LogP contribution < -0.4 is 0 Å². The van der Waals surface area contributed by atoms with Crippen molar-refractivity contribution in [1.29, 1.82) is 0 Å². The number of nitrogens with zero attached hydrogens (tertiary/aromatic N) is 1. The molecule has 17 heavy (non-hydrogen) atoms. The maximum Gasteiger partial charge on any atom is 0.243 e. The third-order valence-electron chi connectivity index (χ3n) is 2.79. The van der Waals surface area contributed by atoms with E-state index in [-0.39, 0.29) is 12.1 Å². The van der Waals surface area contributed by atoms with Crippen molar-refractivity contribution in [3.63, 3.8) is 0 Å². The van der Waals surface area contributed by atoms with Crippen LogP contribution in [0.2, 0.25) is 0 Å². The number of hydrogen-bond donors (Lipinski definition) is 0. The van der Waals surface area contributed by atoms with Gasteiger partial charge in [0.15, 0.2) is 0 Å². The number of benzene rings is 1. The topological polar surface area (TPSA) is 37.4 Å². The Hall–Kier alpha value is -0.390. The molecule has 0 bridgehead atoms. The predicted molar refractivity (Wildman–Crippen MR) is 71.3 cm³/mol. The molecule has 0 amide bonds. The molecule has 0 spiro atoms. The first-order valence-corrected chi connectivity index (χ1v) is 7.95. The molecule has 1 aliphatic rings. The summed E-state index contributed by atoms with van der Waals surface area (Å²) in [6, 6.07) is 7.09. The lowest BCUT2D eigenvalue weighted by Crippen LogP contribution is -2.38. The highest BCUT2D eigenvalue weighted by Gasteiger charge is 2.39. The van der Waals surface area contributed by atoms with Gasteiger partial charge in [0.25, 0.3) is 0 Å². The van der Waals surface area contributed by atoms with Crippen molar-refractivity contribution in [1.82, 2.24) is 4.31 Å². The van der Waals surface area contributed by atoms with Gasteiger partial charge >= 0.3 is 0 Å². The Morgan fingerprint density at radius 2 is 2.00 bits per heavy atom. The summed E-state index contributed by atoms with van der Waals surface area (Å²) in [5.41, 5.74) is 0. The van der Waals surface area contributed by atoms with Crippen molar-refractivity contribution in [2.45, 2.75) is 43.7 Å². The van der Waals surface area contributed by atoms with Crippen LogP contribution in [0.15, 0.2) is 33.6 Å². The quantitative estimate of drug-likeness (QED) is 0.856. The number of sulfonamides is 1. The van der Waals surface area contributed by atoms with Crippen molar-refractivity contribution >= 4 is 26.0 Å². The molecule has 0 aliphatic heterocycles. The van der Waals surface area contributed by atoms with Crippen molar-refractivity contribution < 1.29 is 8.42 Å². The summed E-state index contributed by atoms with van der Waals surface area (Å²) in [6.07, 6.45) is 1.96. The molecule has 0 heterocycles. The highest BCUT2D eigenvalue weighted by Crippen LogP contribution is 2.34. The van der Waals surface area contributed by atoms with Gasteiger partial charge in [-0.05, 0) is 44.9 Å². The first-order chi connectivity index (χ1) is 7.93. The normalized spacial score (nSPS) is 16.8. The third kappa shape index (κ3) is 2.72. The highest BCUT2D eigenvalue weighted by atomic mass is 79.9. The minimum absolute atomic E-state index is 0.00600. The zero-order valence-electron chi connectivity index (χ0n) is 9.93. The molecule has 2 rings (SSSR count). The minimum Gasteiger partial charge on any atom is -0.207 e. The van der Waals surface area contributed by atoms with Gasteiger partial charge in [0.2, 0.25) is 10.0 Å². The fraction of sp³-hybridized carbons (Fsp3) is 0.500. The van der Waals surface area contributed by atoms with E-state index in [1.807, 2.05) is 19.9 Å². The molecule has 1 aromatic carbocycles. The van der Waals surface area contributed by atoms with Crippen LogP contribution in [-0.2, 0) is 10.0 Å². The van der Waals surface area contributed by atoms with Crippen molar-refractivity contribution in [3.8, 4) is 0 Å². The van der Waals surface area contributed by atoms with Gasteiger partial charge < -0.3 is 0 Å². The molecule has 5 heteroatoms. The first kappa shape index (κ1) is 13.1. The van der Waals surface area contributed by atoms with Gasteiger partial charge in [0.05, 0.1) is 4.90 Å². The first-order valence-electron chi connectivity index (χ1n) is 5.72. The second-order valence-corrected chi connectivity index (χ2v) is 7.38. The highest BCUT2D eigenvalue weighted by molar-refractivity contribution is 9.10. The summed E-state index contributed by atoms with van der Waals surface area (Å²) < 4.78 is 27.4. The van der Waals surface area contributed by atoms with Crippen molar-refractivity contribution in [2.24, 2.45) is 0 Å². The van der Waals surface area contributed by atoms with Crippen molar-refractivity contribution in [3.05, 3.63) is 28.7 Å². The Kier molecular flexibility index (Phi) is 3.61. The average molecular weight is 318 g/mol. The van der Waals surface area contributed by atoms with Crippen LogP contribution in [0.5, 0.6) is 0 Å². The molecule has 0 aromatic heterocycles. The molecule has 3 nitrogen and oxygen atoms in total. The summed E-state index contributed by atoms with van der Waals surface area (Å²) in [4.78, 5) is 0.368. The van der Waals surface area contributed by atoms with E-state index in [4.69, 9.17) is 0 Å². The van der Waals surface area contributed by atoms with Crippen LogP contribution in [0, 0.1) is 0 Å². The van der Waals surface area contributed by atoms with Gasteiger partial charge in [-0.25, -0.2) is 8.42 Å². The van der Waals surface area contributed by atoms with Crippen LogP contribution in [0.3, 0.4) is 0 Å². The maximum atomic E-state index is 12.5. The molecular formula is C12H16BrNO2S. The number of rotatable bonds is 4. The second-order valence-electron chi connectivity index (χ2n) is 4.62. The molecule has 0 radical (unpaired) electrons. The van der Waals surface area contributed by atoms with Gasteiger partial charge in [0, 0.05) is 16.6 Å². The lowest BCUT2D eigenvalue weighted by atomic mass is 10.4. The molecule has 94 valence electrons. The molecular weight excluding hydrogens is 302 g/mol. The van der Waals surface area contributed by atoms with Gasteiger partial charge in [-0.1, -0.05) is 22.0 Å². The summed E-state index contributed by atoms with van der Waals surface area (Å²) in [5, 5.41) is 0. The van der Waals surface area contributed by atoms with Gasteiger partial charge in [-0.15, -0.1) is 0 Å². The largest absolute Gasteiger partial charge is 0.243 e. The third-order valence-corrected chi connectivity index (χ3v) is 5.40. The summed E-state index contributed by atoms with van der Waals surface area (Å²) in [6.45, 7) is 3.85. The van der Waals surface area contributed by atoms with Crippen molar-refractivity contribution in [2.75, 3.05) is 0 Å². The molecule has 1 aliphatic carbocycles. The van der Waals surface area contributed by atoms with E-state index in [0.717, 1.165) is 17.3 Å². The smallest absolute Gasteiger partial charge is 0.207 e. The monoisotopic (exact) mass is 317 g/mol. The van der Waals surface area contributed by atoms with Gasteiger partial charge in [0.1, 0.15) is 0 Å². The Morgan fingerprint density at radius 1 is 1.35 bits per heavy atom. The van der Waals surface area contributed by atoms with Crippen LogP contribution >= 0.6 is 15.9 Å². The van der Waals surface area contributed by atoms with Gasteiger partial charge in [-0.2, -0.15) is 4.31 Å². The lowest BCUT2D eigenvalue weighted by Gasteiger charge is -2.25. The zero-order chi connectivity index (χ0) is 12.6. The van der Waals surface area contributed by atoms with Crippen LogP contribution in [0.25, 0.3) is 0 Å². The fourth-order valence-corrected chi connectivity index (χ4v) is 4.45. The molecule has 0 saturated heterocycles.